The molecule has 6 nitrogen and oxygen atoms in total. The Kier molecular flexibility index (Phi) is 10.1. The average molecular weight is 519 g/mol. The number of hydrogen-bond donors (Lipinski definition) is 2. The summed E-state index contributed by atoms with van der Waals surface area (Å²) in [7, 11) is 1.15. The normalized spacial score (nSPS) is 11.6. The van der Waals surface area contributed by atoms with Crippen LogP contribution in [-0.4, -0.2) is 24.9 Å². The van der Waals surface area contributed by atoms with Gasteiger partial charge in [-0.15, -0.1) is 0 Å². The van der Waals surface area contributed by atoms with Gasteiger partial charge in [-0.1, -0.05) is 39.8 Å². The lowest BCUT2D eigenvalue weighted by Gasteiger charge is -2.14. The number of carbonyl (C=O) groups excluding carboxylic acids is 2. The van der Waals surface area contributed by atoms with Crippen LogP contribution in [0.5, 0.6) is 0 Å². The molecule has 0 saturated carbocycles. The van der Waals surface area contributed by atoms with Gasteiger partial charge in [0, 0.05) is 5.56 Å². The van der Waals surface area contributed by atoms with Crippen molar-refractivity contribution in [3.63, 3.8) is 0 Å². The van der Waals surface area contributed by atoms with Crippen molar-refractivity contribution < 1.29 is 40.7 Å². The molecule has 0 spiro atoms. The number of methoxy groups -OCH3 is 1. The smallest absolute Gasteiger partial charge is 0.416 e. The lowest BCUT2D eigenvalue weighted by Crippen LogP contribution is -2.24. The quantitative estimate of drug-likeness (QED) is 0.228. The molecule has 0 aliphatic carbocycles. The molecule has 0 heterocycles. The molecule has 0 unspecified atom stereocenters. The van der Waals surface area contributed by atoms with Crippen LogP contribution in [0.2, 0.25) is 0 Å². The van der Waals surface area contributed by atoms with Crippen LogP contribution in [0.3, 0.4) is 0 Å². The summed E-state index contributed by atoms with van der Waals surface area (Å²) in [5, 5.41) is 0. The molecule has 0 aliphatic rings. The number of ether oxygens (including phenoxy) is 1. The van der Waals surface area contributed by atoms with Crippen molar-refractivity contribution in [3.05, 3.63) is 69.8 Å². The van der Waals surface area contributed by atoms with Crippen molar-refractivity contribution in [2.75, 3.05) is 7.11 Å². The van der Waals surface area contributed by atoms with Crippen molar-refractivity contribution in [2.24, 2.45) is 16.5 Å². The SMILES string of the molecule is CC(C)c1ccc(C(F)(F)F)cc1C(=O)N=C(N)N.COC(=O)c1cc(C(F)(F)F)ccc1C(C)C. The first-order valence-corrected chi connectivity index (χ1v) is 10.5. The predicted molar refractivity (Wildman–Crippen MR) is 123 cm³/mol. The van der Waals surface area contributed by atoms with E-state index in [1.54, 1.807) is 27.7 Å². The van der Waals surface area contributed by atoms with E-state index >= 15 is 0 Å². The van der Waals surface area contributed by atoms with E-state index in [4.69, 9.17) is 11.5 Å². The van der Waals surface area contributed by atoms with E-state index in [1.165, 1.54) is 12.1 Å². The van der Waals surface area contributed by atoms with E-state index in [1.807, 2.05) is 0 Å². The molecule has 12 heteroatoms. The third-order valence-corrected chi connectivity index (χ3v) is 4.87. The topological polar surface area (TPSA) is 108 Å². The van der Waals surface area contributed by atoms with Crippen molar-refractivity contribution >= 4 is 17.8 Å². The Morgan fingerprint density at radius 3 is 1.50 bits per heavy atom. The van der Waals surface area contributed by atoms with E-state index < -0.39 is 41.3 Å². The summed E-state index contributed by atoms with van der Waals surface area (Å²) in [6.45, 7) is 7.12. The average Bonchev–Trinajstić information content (AvgIpc) is 2.76. The highest BCUT2D eigenvalue weighted by Gasteiger charge is 2.33. The molecule has 0 aromatic heterocycles. The fraction of sp³-hybridized carbons (Fsp3) is 0.375. The highest BCUT2D eigenvalue weighted by molar-refractivity contribution is 6.03. The second-order valence-corrected chi connectivity index (χ2v) is 8.24. The third kappa shape index (κ3) is 8.28. The number of benzene rings is 2. The van der Waals surface area contributed by atoms with Crippen LogP contribution in [0, 0.1) is 0 Å². The molecular formula is C24H27F6N3O3. The predicted octanol–water partition coefficient (Wildman–Crippen LogP) is 5.86. The first-order chi connectivity index (χ1) is 16.4. The molecule has 2 rings (SSSR count). The first-order valence-electron chi connectivity index (χ1n) is 10.5. The summed E-state index contributed by atoms with van der Waals surface area (Å²) in [5.41, 5.74) is 9.21. The standard InChI is InChI=1S/C12H14F3N3O.C12H13F3O2/c1-6(2)8-4-3-7(12(13,14)15)5-9(8)10(19)18-11(16)17;1-7(2)9-5-4-8(12(13,14)15)6-10(9)11(16)17-3/h3-6H,1-2H3,(H4,16,17,18,19);4-7H,1-3H3. The van der Waals surface area contributed by atoms with E-state index in [9.17, 15) is 35.9 Å². The van der Waals surface area contributed by atoms with E-state index in [0.717, 1.165) is 31.4 Å². The number of guanidine groups is 1. The zero-order valence-corrected chi connectivity index (χ0v) is 20.2. The molecule has 0 aliphatic heterocycles. The lowest BCUT2D eigenvalue weighted by molar-refractivity contribution is -0.138. The maximum absolute atomic E-state index is 12.6. The highest BCUT2D eigenvalue weighted by atomic mass is 19.4. The largest absolute Gasteiger partial charge is 0.465 e. The molecular weight excluding hydrogens is 492 g/mol. The van der Waals surface area contributed by atoms with E-state index in [0.29, 0.717) is 11.1 Å². The molecule has 2 aromatic rings. The minimum Gasteiger partial charge on any atom is -0.465 e. The van der Waals surface area contributed by atoms with Crippen molar-refractivity contribution in [3.8, 4) is 0 Å². The van der Waals surface area contributed by atoms with E-state index in [2.05, 4.69) is 9.73 Å². The number of nitrogens with two attached hydrogens (primary N) is 2. The molecule has 0 radical (unpaired) electrons. The van der Waals surface area contributed by atoms with Crippen LogP contribution >= 0.6 is 0 Å². The highest BCUT2D eigenvalue weighted by Crippen LogP contribution is 2.33. The Hall–Kier alpha value is -3.57. The van der Waals surface area contributed by atoms with Gasteiger partial charge < -0.3 is 16.2 Å². The number of carbonyl (C=O) groups is 2. The second kappa shape index (κ2) is 11.9. The summed E-state index contributed by atoms with van der Waals surface area (Å²) in [6.07, 6.45) is -8.99. The Morgan fingerprint density at radius 1 is 0.778 bits per heavy atom. The maximum Gasteiger partial charge on any atom is 0.416 e. The van der Waals surface area contributed by atoms with Crippen LogP contribution < -0.4 is 11.5 Å². The number of amides is 1. The molecule has 198 valence electrons. The Balaban J connectivity index is 0.000000362. The van der Waals surface area contributed by atoms with Crippen LogP contribution in [0.15, 0.2) is 41.4 Å². The van der Waals surface area contributed by atoms with Gasteiger partial charge in [-0.05, 0) is 47.2 Å². The van der Waals surface area contributed by atoms with Crippen LogP contribution in [0.25, 0.3) is 0 Å². The number of esters is 1. The van der Waals surface area contributed by atoms with Gasteiger partial charge in [-0.2, -0.15) is 31.3 Å². The number of nitrogens with zero attached hydrogens (tertiary/aromatic N) is 1. The summed E-state index contributed by atoms with van der Waals surface area (Å²) in [4.78, 5) is 26.5. The third-order valence-electron chi connectivity index (χ3n) is 4.87. The maximum atomic E-state index is 12.6. The Labute approximate surface area is 204 Å². The summed E-state index contributed by atoms with van der Waals surface area (Å²) < 4.78 is 79.9. The van der Waals surface area contributed by atoms with Gasteiger partial charge in [0.25, 0.3) is 5.91 Å². The molecule has 36 heavy (non-hydrogen) atoms. The molecule has 2 aromatic carbocycles. The summed E-state index contributed by atoms with van der Waals surface area (Å²) >= 11 is 0. The molecule has 0 saturated heterocycles. The zero-order valence-electron chi connectivity index (χ0n) is 20.2. The van der Waals surface area contributed by atoms with Crippen LogP contribution in [0.1, 0.15) is 82.5 Å². The van der Waals surface area contributed by atoms with Crippen molar-refractivity contribution in [2.45, 2.75) is 51.9 Å². The van der Waals surface area contributed by atoms with Gasteiger partial charge in [-0.3, -0.25) is 4.79 Å². The second-order valence-electron chi connectivity index (χ2n) is 8.24. The fourth-order valence-corrected chi connectivity index (χ4v) is 3.12. The summed E-state index contributed by atoms with van der Waals surface area (Å²) in [5.74, 6) is -2.30. The van der Waals surface area contributed by atoms with Gasteiger partial charge in [-0.25, -0.2) is 4.79 Å². The number of alkyl halides is 6. The molecule has 0 bridgehead atoms. The van der Waals surface area contributed by atoms with Crippen LogP contribution in [0.4, 0.5) is 26.3 Å². The molecule has 1 amide bonds. The number of halogens is 6. The molecule has 4 N–H and O–H groups in total. The van der Waals surface area contributed by atoms with Gasteiger partial charge in [0.15, 0.2) is 5.96 Å². The Morgan fingerprint density at radius 2 is 1.17 bits per heavy atom. The first kappa shape index (κ1) is 30.5. The van der Waals surface area contributed by atoms with Gasteiger partial charge >= 0.3 is 18.3 Å². The molecule has 0 atom stereocenters. The van der Waals surface area contributed by atoms with E-state index in [-0.39, 0.29) is 23.0 Å². The van der Waals surface area contributed by atoms with Gasteiger partial charge in [0.05, 0.1) is 23.8 Å². The Bertz CT molecular complexity index is 1120. The van der Waals surface area contributed by atoms with Crippen LogP contribution in [-0.2, 0) is 17.1 Å². The van der Waals surface area contributed by atoms with Crippen molar-refractivity contribution in [1.82, 2.24) is 0 Å². The number of aliphatic imine (C=N–C) groups is 1. The minimum atomic E-state index is -4.53. The zero-order chi connectivity index (χ0) is 28.0. The fourth-order valence-electron chi connectivity index (χ4n) is 3.12. The van der Waals surface area contributed by atoms with Gasteiger partial charge in [0.1, 0.15) is 0 Å². The van der Waals surface area contributed by atoms with Crippen molar-refractivity contribution in [1.29, 1.82) is 0 Å². The lowest BCUT2D eigenvalue weighted by atomic mass is 9.94. The monoisotopic (exact) mass is 519 g/mol. The minimum absolute atomic E-state index is 0.0303. The van der Waals surface area contributed by atoms with Gasteiger partial charge in [0.2, 0.25) is 0 Å². The number of rotatable bonds is 4. The molecule has 0 fully saturated rings. The summed E-state index contributed by atoms with van der Waals surface area (Å²) in [6, 6.07) is 6.09. The number of hydrogen-bond acceptors (Lipinski definition) is 3.